The van der Waals surface area contributed by atoms with Crippen LogP contribution in [0.5, 0.6) is 5.75 Å². The largest absolute Gasteiger partial charge is 0.507 e. The van der Waals surface area contributed by atoms with E-state index in [1.165, 1.54) is 11.3 Å². The highest BCUT2D eigenvalue weighted by molar-refractivity contribution is 7.17. The number of nitrogens with two attached hydrogens (primary N) is 1. The van der Waals surface area contributed by atoms with Gasteiger partial charge in [-0.05, 0) is 53.2 Å². The molecule has 140 valence electrons. The first kappa shape index (κ1) is 19.7. The van der Waals surface area contributed by atoms with E-state index in [1.54, 1.807) is 12.1 Å². The van der Waals surface area contributed by atoms with Crippen LogP contribution in [-0.2, 0) is 0 Å². The lowest BCUT2D eigenvalue weighted by molar-refractivity contribution is 0.478. The fraction of sp³-hybridized carbons (Fsp3) is 0.150. The van der Waals surface area contributed by atoms with Gasteiger partial charge in [0.25, 0.3) is 5.56 Å². The summed E-state index contributed by atoms with van der Waals surface area (Å²) in [5, 5.41) is 14.7. The van der Waals surface area contributed by atoms with E-state index in [2.05, 4.69) is 4.98 Å². The Kier molecular flexibility index (Phi) is 5.49. The summed E-state index contributed by atoms with van der Waals surface area (Å²) >= 11 is 7.87. The minimum atomic E-state index is -0.121. The van der Waals surface area contributed by atoms with E-state index in [0.717, 1.165) is 21.9 Å². The minimum Gasteiger partial charge on any atom is -0.507 e. The maximum Gasteiger partial charge on any atom is 0.266 e. The number of benzene rings is 2. The molecule has 1 unspecified atom stereocenters. The molecule has 0 fully saturated rings. The van der Waals surface area contributed by atoms with Crippen molar-refractivity contribution in [2.45, 2.75) is 12.8 Å². The van der Waals surface area contributed by atoms with E-state index in [9.17, 15) is 9.90 Å². The number of nitrogens with one attached hydrogen (secondary N) is 1. The highest BCUT2D eigenvalue weighted by atomic mass is 35.5. The quantitative estimate of drug-likeness (QED) is 0.423. The van der Waals surface area contributed by atoms with Crippen LogP contribution in [-0.4, -0.2) is 16.6 Å². The van der Waals surface area contributed by atoms with Crippen LogP contribution in [0.4, 0.5) is 0 Å². The second-order valence-electron chi connectivity index (χ2n) is 6.37. The van der Waals surface area contributed by atoms with Crippen molar-refractivity contribution in [3.8, 4) is 16.9 Å². The summed E-state index contributed by atoms with van der Waals surface area (Å²) in [4.78, 5) is 15.2. The van der Waals surface area contributed by atoms with E-state index >= 15 is 0 Å². The summed E-state index contributed by atoms with van der Waals surface area (Å²) in [5.41, 5.74) is 8.76. The first-order chi connectivity index (χ1) is 12.5. The maximum absolute atomic E-state index is 12.3. The van der Waals surface area contributed by atoms with E-state index in [-0.39, 0.29) is 29.6 Å². The molecule has 4 nitrogen and oxygen atoms in total. The number of H-pyrrole nitrogens is 1. The topological polar surface area (TPSA) is 79.1 Å². The molecule has 27 heavy (non-hydrogen) atoms. The number of aromatic amines is 1. The van der Waals surface area contributed by atoms with Crippen molar-refractivity contribution in [1.82, 2.24) is 4.98 Å². The Morgan fingerprint density at radius 2 is 2.04 bits per heavy atom. The van der Waals surface area contributed by atoms with Gasteiger partial charge in [0.15, 0.2) is 0 Å². The molecular formula is C20H18Cl2N2O2S. The van der Waals surface area contributed by atoms with Crippen molar-refractivity contribution in [1.29, 1.82) is 0 Å². The molecule has 4 rings (SSSR count). The number of fused-ring (bicyclic) bond motifs is 3. The van der Waals surface area contributed by atoms with Crippen LogP contribution >= 0.6 is 35.3 Å². The molecule has 4 N–H and O–H groups in total. The van der Waals surface area contributed by atoms with Gasteiger partial charge in [0.05, 0.1) is 0 Å². The number of aromatic nitrogens is 1. The Morgan fingerprint density at radius 3 is 2.74 bits per heavy atom. The summed E-state index contributed by atoms with van der Waals surface area (Å²) in [7, 11) is 0. The lowest BCUT2D eigenvalue weighted by Gasteiger charge is -2.15. The lowest BCUT2D eigenvalue weighted by atomic mass is 9.94. The highest BCUT2D eigenvalue weighted by Crippen LogP contribution is 2.41. The van der Waals surface area contributed by atoms with Crippen molar-refractivity contribution in [2.75, 3.05) is 6.54 Å². The average molecular weight is 421 g/mol. The van der Waals surface area contributed by atoms with Crippen LogP contribution in [0.3, 0.4) is 0 Å². The smallest absolute Gasteiger partial charge is 0.266 e. The molecule has 0 radical (unpaired) electrons. The summed E-state index contributed by atoms with van der Waals surface area (Å²) in [6.07, 6.45) is 0. The summed E-state index contributed by atoms with van der Waals surface area (Å²) in [5.74, 6) is 0.297. The average Bonchev–Trinajstić information content (AvgIpc) is 3.12. The van der Waals surface area contributed by atoms with Crippen molar-refractivity contribution in [3.05, 3.63) is 62.7 Å². The molecule has 1 atom stereocenters. The first-order valence-corrected chi connectivity index (χ1v) is 9.52. The fourth-order valence-electron chi connectivity index (χ4n) is 3.34. The zero-order valence-corrected chi connectivity index (χ0v) is 16.8. The standard InChI is InChI=1S/C20H17ClN2O2S.ClH/c1-10(9-22)12-3-2-11(8-14(12)21)17-16(24)5-4-15-18(17)13-6-7-26-19(13)20(25)23-15;/h2-8,10,24H,9,22H2,1H3,(H,23,25);1H. The third-order valence-corrected chi connectivity index (χ3v) is 5.99. The Hall–Kier alpha value is -2.05. The Balaban J connectivity index is 0.00000210. The van der Waals surface area contributed by atoms with Gasteiger partial charge in [-0.1, -0.05) is 30.7 Å². The van der Waals surface area contributed by atoms with Crippen LogP contribution in [0.25, 0.3) is 32.1 Å². The molecule has 0 amide bonds. The molecular weight excluding hydrogens is 403 g/mol. The molecule has 7 heteroatoms. The van der Waals surface area contributed by atoms with Gasteiger partial charge < -0.3 is 15.8 Å². The highest BCUT2D eigenvalue weighted by Gasteiger charge is 2.17. The number of phenolic OH excluding ortho intramolecular Hbond substituents is 1. The number of hydrogen-bond acceptors (Lipinski definition) is 4. The number of phenols is 1. The first-order valence-electron chi connectivity index (χ1n) is 8.26. The molecule has 0 bridgehead atoms. The fourth-order valence-corrected chi connectivity index (χ4v) is 4.50. The summed E-state index contributed by atoms with van der Waals surface area (Å²) in [6, 6.07) is 11.0. The van der Waals surface area contributed by atoms with Gasteiger partial charge in [-0.2, -0.15) is 0 Å². The van der Waals surface area contributed by atoms with Crippen LogP contribution in [0.2, 0.25) is 5.02 Å². The number of aromatic hydroxyl groups is 1. The molecule has 2 aromatic heterocycles. The van der Waals surface area contributed by atoms with Crippen LogP contribution in [0.1, 0.15) is 18.4 Å². The third kappa shape index (κ3) is 3.21. The third-order valence-electron chi connectivity index (χ3n) is 4.75. The lowest BCUT2D eigenvalue weighted by Crippen LogP contribution is -2.09. The van der Waals surface area contributed by atoms with Gasteiger partial charge in [0.2, 0.25) is 0 Å². The Labute approximate surface area is 171 Å². The second kappa shape index (κ2) is 7.52. The van der Waals surface area contributed by atoms with E-state index < -0.39 is 0 Å². The summed E-state index contributed by atoms with van der Waals surface area (Å²) in [6.45, 7) is 2.53. The van der Waals surface area contributed by atoms with Gasteiger partial charge in [-0.3, -0.25) is 4.79 Å². The van der Waals surface area contributed by atoms with Crippen molar-refractivity contribution in [3.63, 3.8) is 0 Å². The van der Waals surface area contributed by atoms with Crippen LogP contribution in [0, 0.1) is 0 Å². The zero-order valence-electron chi connectivity index (χ0n) is 14.5. The summed E-state index contributed by atoms with van der Waals surface area (Å²) < 4.78 is 0.642. The zero-order chi connectivity index (χ0) is 18.4. The molecule has 0 spiro atoms. The molecule has 0 aliphatic carbocycles. The normalized spacial score (nSPS) is 12.3. The molecule has 2 heterocycles. The van der Waals surface area contributed by atoms with Gasteiger partial charge in [-0.15, -0.1) is 23.7 Å². The number of thiophene rings is 1. The molecule has 0 aliphatic heterocycles. The van der Waals surface area contributed by atoms with Gasteiger partial charge in [-0.25, -0.2) is 0 Å². The van der Waals surface area contributed by atoms with E-state index in [4.69, 9.17) is 17.3 Å². The Morgan fingerprint density at radius 1 is 1.26 bits per heavy atom. The molecule has 0 saturated heterocycles. The SMILES string of the molecule is CC(CN)c1ccc(-c2c(O)ccc3[nH]c(=O)c4sccc4c23)cc1Cl.Cl. The van der Waals surface area contributed by atoms with E-state index in [1.807, 2.05) is 36.6 Å². The van der Waals surface area contributed by atoms with Gasteiger partial charge >= 0.3 is 0 Å². The predicted molar refractivity (Wildman–Crippen MR) is 117 cm³/mol. The molecule has 0 saturated carbocycles. The van der Waals surface area contributed by atoms with Crippen molar-refractivity contribution >= 4 is 56.3 Å². The van der Waals surface area contributed by atoms with Crippen LogP contribution < -0.4 is 11.3 Å². The second-order valence-corrected chi connectivity index (χ2v) is 7.70. The number of pyridine rings is 1. The van der Waals surface area contributed by atoms with Crippen LogP contribution in [0.15, 0.2) is 46.6 Å². The molecule has 4 aromatic rings. The maximum atomic E-state index is 12.3. The Bertz CT molecular complexity index is 1200. The monoisotopic (exact) mass is 420 g/mol. The minimum absolute atomic E-state index is 0. The number of hydrogen-bond donors (Lipinski definition) is 3. The molecule has 2 aromatic carbocycles. The van der Waals surface area contributed by atoms with E-state index in [0.29, 0.717) is 27.3 Å². The number of halogens is 2. The predicted octanol–water partition coefficient (Wildman–Crippen LogP) is 5.25. The number of rotatable bonds is 3. The van der Waals surface area contributed by atoms with Gasteiger partial charge in [0, 0.05) is 26.9 Å². The molecule has 0 aliphatic rings. The van der Waals surface area contributed by atoms with Crippen molar-refractivity contribution in [2.24, 2.45) is 5.73 Å². The van der Waals surface area contributed by atoms with Crippen molar-refractivity contribution < 1.29 is 5.11 Å². The van der Waals surface area contributed by atoms with Gasteiger partial charge in [0.1, 0.15) is 10.4 Å².